The van der Waals surface area contributed by atoms with E-state index in [0.717, 1.165) is 18.9 Å². The van der Waals surface area contributed by atoms with Gasteiger partial charge >= 0.3 is 0 Å². The lowest BCUT2D eigenvalue weighted by Gasteiger charge is -2.30. The Morgan fingerprint density at radius 3 is 2.59 bits per heavy atom. The number of hydrogen-bond acceptors (Lipinski definition) is 2. The van der Waals surface area contributed by atoms with Gasteiger partial charge in [0.05, 0.1) is 6.67 Å². The zero-order chi connectivity index (χ0) is 11.9. The lowest BCUT2D eigenvalue weighted by Crippen LogP contribution is -2.44. The Bertz CT molecular complexity index is 200. The molecule has 0 aromatic heterocycles. The van der Waals surface area contributed by atoms with Gasteiger partial charge in [0.1, 0.15) is 0 Å². The lowest BCUT2D eigenvalue weighted by molar-refractivity contribution is 0.211. The van der Waals surface area contributed by atoms with E-state index in [9.17, 15) is 4.39 Å². The third-order valence-corrected chi connectivity index (χ3v) is 4.01. The Hall–Kier alpha value is -0.150. The van der Waals surface area contributed by atoms with E-state index in [-0.39, 0.29) is 6.67 Å². The van der Waals surface area contributed by atoms with Crippen molar-refractivity contribution in [2.45, 2.75) is 63.5 Å². The van der Waals surface area contributed by atoms with Crippen LogP contribution in [0.15, 0.2) is 0 Å². The van der Waals surface area contributed by atoms with Gasteiger partial charge in [0, 0.05) is 18.6 Å². The molecular formula is C14H27FN2. The smallest absolute Gasteiger partial charge is 0.0894 e. The molecule has 1 heterocycles. The van der Waals surface area contributed by atoms with Crippen molar-refractivity contribution in [1.82, 2.24) is 10.2 Å². The van der Waals surface area contributed by atoms with Crippen LogP contribution >= 0.6 is 0 Å². The summed E-state index contributed by atoms with van der Waals surface area (Å²) >= 11 is 0. The van der Waals surface area contributed by atoms with E-state index in [1.807, 2.05) is 0 Å². The van der Waals surface area contributed by atoms with E-state index in [1.165, 1.54) is 58.2 Å². The number of unbranched alkanes of at least 4 members (excludes halogenated alkanes) is 2. The Kier molecular flexibility index (Phi) is 5.72. The molecule has 100 valence electrons. The number of hydrogen-bond donors (Lipinski definition) is 1. The van der Waals surface area contributed by atoms with Gasteiger partial charge in [-0.1, -0.05) is 6.42 Å². The second-order valence-corrected chi connectivity index (χ2v) is 5.62. The predicted molar refractivity (Wildman–Crippen MR) is 70.1 cm³/mol. The minimum Gasteiger partial charge on any atom is -0.313 e. The third-order valence-electron chi connectivity index (χ3n) is 4.01. The van der Waals surface area contributed by atoms with Gasteiger partial charge in [-0.15, -0.1) is 0 Å². The lowest BCUT2D eigenvalue weighted by atomic mass is 10.0. The zero-order valence-electron chi connectivity index (χ0n) is 11.0. The van der Waals surface area contributed by atoms with Crippen molar-refractivity contribution in [3.8, 4) is 0 Å². The maximum Gasteiger partial charge on any atom is 0.0894 e. The van der Waals surface area contributed by atoms with Gasteiger partial charge in [-0.05, 0) is 58.0 Å². The van der Waals surface area contributed by atoms with Gasteiger partial charge in [-0.25, -0.2) is 0 Å². The first-order valence-electron chi connectivity index (χ1n) is 7.43. The van der Waals surface area contributed by atoms with Crippen LogP contribution in [0.1, 0.15) is 51.4 Å². The number of rotatable bonds is 8. The third kappa shape index (κ3) is 4.92. The fourth-order valence-corrected chi connectivity index (χ4v) is 2.81. The first kappa shape index (κ1) is 13.3. The van der Waals surface area contributed by atoms with Crippen LogP contribution in [-0.4, -0.2) is 43.3 Å². The van der Waals surface area contributed by atoms with E-state index in [4.69, 9.17) is 0 Å². The van der Waals surface area contributed by atoms with Crippen molar-refractivity contribution in [3.05, 3.63) is 0 Å². The van der Waals surface area contributed by atoms with Gasteiger partial charge in [0.2, 0.25) is 0 Å². The molecule has 2 aliphatic rings. The maximum absolute atomic E-state index is 12.0. The summed E-state index contributed by atoms with van der Waals surface area (Å²) < 4.78 is 12.0. The van der Waals surface area contributed by atoms with Crippen LogP contribution in [0.3, 0.4) is 0 Å². The predicted octanol–water partition coefficient (Wildman–Crippen LogP) is 2.73. The number of nitrogens with zero attached hydrogens (tertiary/aromatic N) is 1. The fraction of sp³-hybridized carbons (Fsp3) is 1.00. The first-order chi connectivity index (χ1) is 8.40. The van der Waals surface area contributed by atoms with Crippen molar-refractivity contribution in [2.24, 2.45) is 0 Å². The largest absolute Gasteiger partial charge is 0.313 e. The van der Waals surface area contributed by atoms with Gasteiger partial charge < -0.3 is 5.32 Å². The summed E-state index contributed by atoms with van der Waals surface area (Å²) in [4.78, 5) is 2.65. The SMILES string of the molecule is FCCCCCN(CC1CCCCN1)C1CC1. The van der Waals surface area contributed by atoms with Gasteiger partial charge in [-0.3, -0.25) is 9.29 Å². The summed E-state index contributed by atoms with van der Waals surface area (Å²) in [6.45, 7) is 3.46. The summed E-state index contributed by atoms with van der Waals surface area (Å²) in [6.07, 6.45) is 9.82. The summed E-state index contributed by atoms with van der Waals surface area (Å²) in [5, 5.41) is 3.63. The molecule has 3 heteroatoms. The van der Waals surface area contributed by atoms with E-state index < -0.39 is 0 Å². The van der Waals surface area contributed by atoms with E-state index in [1.54, 1.807) is 0 Å². The normalized spacial score (nSPS) is 25.4. The van der Waals surface area contributed by atoms with Crippen LogP contribution in [-0.2, 0) is 0 Å². The molecule has 1 atom stereocenters. The summed E-state index contributed by atoms with van der Waals surface area (Å²) in [6, 6.07) is 1.56. The monoisotopic (exact) mass is 242 g/mol. The molecule has 0 amide bonds. The van der Waals surface area contributed by atoms with E-state index in [0.29, 0.717) is 6.04 Å². The van der Waals surface area contributed by atoms with Crippen LogP contribution in [0.5, 0.6) is 0 Å². The second kappa shape index (κ2) is 7.32. The number of piperidine rings is 1. The quantitative estimate of drug-likeness (QED) is 0.658. The van der Waals surface area contributed by atoms with Crippen LogP contribution < -0.4 is 5.32 Å². The molecule has 1 N–H and O–H groups in total. The highest BCUT2D eigenvalue weighted by molar-refractivity contribution is 4.87. The molecule has 1 saturated heterocycles. The Morgan fingerprint density at radius 2 is 1.94 bits per heavy atom. The maximum atomic E-state index is 12.0. The minimum absolute atomic E-state index is 0.145. The van der Waals surface area contributed by atoms with Gasteiger partial charge in [-0.2, -0.15) is 0 Å². The summed E-state index contributed by atoms with van der Waals surface area (Å²) in [7, 11) is 0. The highest BCUT2D eigenvalue weighted by Crippen LogP contribution is 2.28. The first-order valence-corrected chi connectivity index (χ1v) is 7.43. The van der Waals surface area contributed by atoms with Gasteiger partial charge in [0.15, 0.2) is 0 Å². The average Bonchev–Trinajstić information content (AvgIpc) is 3.19. The molecule has 1 unspecified atom stereocenters. The molecule has 0 spiro atoms. The van der Waals surface area contributed by atoms with Crippen LogP contribution in [0.2, 0.25) is 0 Å². The fourth-order valence-electron chi connectivity index (χ4n) is 2.81. The molecule has 2 fully saturated rings. The van der Waals surface area contributed by atoms with Crippen molar-refractivity contribution < 1.29 is 4.39 Å². The highest BCUT2D eigenvalue weighted by Gasteiger charge is 2.30. The molecule has 1 aliphatic heterocycles. The number of alkyl halides is 1. The molecular weight excluding hydrogens is 215 g/mol. The minimum atomic E-state index is -0.145. The molecule has 1 aliphatic carbocycles. The average molecular weight is 242 g/mol. The molecule has 0 aromatic rings. The number of nitrogens with one attached hydrogen (secondary N) is 1. The standard InChI is InChI=1S/C14H27FN2/c15-9-3-1-5-11-17(14-7-8-14)12-13-6-2-4-10-16-13/h13-14,16H,1-12H2. The molecule has 2 rings (SSSR count). The van der Waals surface area contributed by atoms with Gasteiger partial charge in [0.25, 0.3) is 0 Å². The van der Waals surface area contributed by atoms with Crippen molar-refractivity contribution >= 4 is 0 Å². The van der Waals surface area contributed by atoms with Crippen molar-refractivity contribution in [3.63, 3.8) is 0 Å². The molecule has 17 heavy (non-hydrogen) atoms. The Labute approximate surface area is 105 Å². The topological polar surface area (TPSA) is 15.3 Å². The summed E-state index contributed by atoms with van der Waals surface area (Å²) in [5.41, 5.74) is 0. The Morgan fingerprint density at radius 1 is 1.06 bits per heavy atom. The van der Waals surface area contributed by atoms with Crippen LogP contribution in [0.25, 0.3) is 0 Å². The molecule has 0 aromatic carbocycles. The molecule has 2 nitrogen and oxygen atoms in total. The second-order valence-electron chi connectivity index (χ2n) is 5.62. The molecule has 0 bridgehead atoms. The van der Waals surface area contributed by atoms with Crippen LogP contribution in [0, 0.1) is 0 Å². The van der Waals surface area contributed by atoms with Crippen LogP contribution in [0.4, 0.5) is 4.39 Å². The molecule has 0 radical (unpaired) electrons. The number of halogens is 1. The van der Waals surface area contributed by atoms with Crippen molar-refractivity contribution in [1.29, 1.82) is 0 Å². The molecule has 1 saturated carbocycles. The van der Waals surface area contributed by atoms with E-state index in [2.05, 4.69) is 10.2 Å². The highest BCUT2D eigenvalue weighted by atomic mass is 19.1. The van der Waals surface area contributed by atoms with E-state index >= 15 is 0 Å². The Balaban J connectivity index is 1.65. The van der Waals surface area contributed by atoms with Crippen molar-refractivity contribution in [2.75, 3.05) is 26.3 Å². The zero-order valence-corrected chi connectivity index (χ0v) is 11.0. The summed E-state index contributed by atoms with van der Waals surface area (Å²) in [5.74, 6) is 0.